The van der Waals surface area contributed by atoms with Crippen LogP contribution in [0.2, 0.25) is 0 Å². The molecule has 19 heavy (non-hydrogen) atoms. The number of hydrogen-bond acceptors (Lipinski definition) is 4. The number of methoxy groups -OCH3 is 1. The van der Waals surface area contributed by atoms with E-state index >= 15 is 0 Å². The highest BCUT2D eigenvalue weighted by Crippen LogP contribution is 2.37. The van der Waals surface area contributed by atoms with Crippen LogP contribution in [0.15, 0.2) is 0 Å². The molecule has 0 spiro atoms. The fourth-order valence-electron chi connectivity index (χ4n) is 2.84. The molecule has 2 aliphatic rings. The first-order valence-electron chi connectivity index (χ1n) is 6.72. The highest BCUT2D eigenvalue weighted by atomic mass is 16.5. The molecule has 4 amide bonds. The Hall–Kier alpha value is -1.43. The van der Waals surface area contributed by atoms with Gasteiger partial charge in [0.1, 0.15) is 5.41 Å². The summed E-state index contributed by atoms with van der Waals surface area (Å²) in [6, 6.07) is -0.741. The number of hydrogen-bond donors (Lipinski definition) is 1. The predicted octanol–water partition coefficient (Wildman–Crippen LogP) is 1.05. The molecule has 1 aliphatic carbocycles. The van der Waals surface area contributed by atoms with Crippen LogP contribution in [-0.2, 0) is 14.3 Å². The van der Waals surface area contributed by atoms with Crippen LogP contribution in [0.1, 0.15) is 39.5 Å². The molecule has 6 heteroatoms. The molecule has 2 fully saturated rings. The predicted molar refractivity (Wildman–Crippen MR) is 67.2 cm³/mol. The molecule has 0 aromatic carbocycles. The summed E-state index contributed by atoms with van der Waals surface area (Å²) in [6.07, 6.45) is 2.19. The van der Waals surface area contributed by atoms with Crippen molar-refractivity contribution in [2.75, 3.05) is 7.11 Å². The quantitative estimate of drug-likeness (QED) is 0.773. The third-order valence-corrected chi connectivity index (χ3v) is 4.48. The molecule has 0 aromatic heterocycles. The van der Waals surface area contributed by atoms with Crippen LogP contribution in [0, 0.1) is 5.41 Å². The Kier molecular flexibility index (Phi) is 3.62. The summed E-state index contributed by atoms with van der Waals surface area (Å²) in [4.78, 5) is 37.7. The zero-order valence-electron chi connectivity index (χ0n) is 11.6. The number of urea groups is 1. The number of rotatable bonds is 4. The monoisotopic (exact) mass is 268 g/mol. The van der Waals surface area contributed by atoms with Gasteiger partial charge in [0.2, 0.25) is 11.8 Å². The number of carbonyl (C=O) groups is 3. The second kappa shape index (κ2) is 4.92. The Morgan fingerprint density at radius 2 is 1.84 bits per heavy atom. The zero-order valence-corrected chi connectivity index (χ0v) is 11.6. The molecule has 0 radical (unpaired) electrons. The molecule has 0 atom stereocenters. The summed E-state index contributed by atoms with van der Waals surface area (Å²) >= 11 is 0. The summed E-state index contributed by atoms with van der Waals surface area (Å²) in [5.41, 5.74) is -1.09. The lowest BCUT2D eigenvalue weighted by molar-refractivity contribution is -0.156. The average molecular weight is 268 g/mol. The van der Waals surface area contributed by atoms with Crippen molar-refractivity contribution in [3.05, 3.63) is 0 Å². The molecular weight excluding hydrogens is 248 g/mol. The first kappa shape index (κ1) is 14.0. The van der Waals surface area contributed by atoms with Crippen LogP contribution in [0.5, 0.6) is 0 Å². The van der Waals surface area contributed by atoms with Gasteiger partial charge in [0, 0.05) is 13.2 Å². The van der Waals surface area contributed by atoms with Crippen LogP contribution < -0.4 is 5.32 Å². The van der Waals surface area contributed by atoms with E-state index in [0.717, 1.165) is 0 Å². The van der Waals surface area contributed by atoms with Crippen molar-refractivity contribution in [3.8, 4) is 0 Å². The Morgan fingerprint density at radius 1 is 1.26 bits per heavy atom. The highest BCUT2D eigenvalue weighted by Gasteiger charge is 2.54. The van der Waals surface area contributed by atoms with Gasteiger partial charge in [0.05, 0.1) is 6.10 Å². The Balaban J connectivity index is 2.22. The maximum Gasteiger partial charge on any atom is 0.331 e. The van der Waals surface area contributed by atoms with E-state index < -0.39 is 17.4 Å². The molecule has 2 rings (SSSR count). The standard InChI is InChI=1S/C13H20N2O4/c1-4-13(5-2)10(16)14-12(18)15(11(13)17)8-6-9(7-8)19-3/h8-9H,4-7H2,1-3H3,(H,14,16,18). The lowest BCUT2D eigenvalue weighted by Crippen LogP contribution is -2.68. The number of nitrogens with zero attached hydrogens (tertiary/aromatic N) is 1. The summed E-state index contributed by atoms with van der Waals surface area (Å²) < 4.78 is 5.17. The Labute approximate surface area is 112 Å². The third kappa shape index (κ3) is 1.94. The van der Waals surface area contributed by atoms with Gasteiger partial charge in [-0.05, 0) is 25.7 Å². The second-order valence-corrected chi connectivity index (χ2v) is 5.21. The van der Waals surface area contributed by atoms with Crippen molar-refractivity contribution >= 4 is 17.8 Å². The lowest BCUT2D eigenvalue weighted by atomic mass is 9.76. The van der Waals surface area contributed by atoms with Gasteiger partial charge in [-0.25, -0.2) is 4.79 Å². The summed E-state index contributed by atoms with van der Waals surface area (Å²) in [6.45, 7) is 3.60. The fourth-order valence-corrected chi connectivity index (χ4v) is 2.84. The van der Waals surface area contributed by atoms with E-state index in [1.54, 1.807) is 21.0 Å². The van der Waals surface area contributed by atoms with Crippen LogP contribution in [-0.4, -0.2) is 42.0 Å². The van der Waals surface area contributed by atoms with Gasteiger partial charge in [-0.2, -0.15) is 0 Å². The number of amides is 4. The second-order valence-electron chi connectivity index (χ2n) is 5.21. The number of barbiturate groups is 1. The normalized spacial score (nSPS) is 30.1. The minimum absolute atomic E-state index is 0.0980. The van der Waals surface area contributed by atoms with E-state index in [1.165, 1.54) is 4.90 Å². The van der Waals surface area contributed by atoms with E-state index in [-0.39, 0.29) is 18.1 Å². The van der Waals surface area contributed by atoms with Crippen LogP contribution in [0.3, 0.4) is 0 Å². The first-order chi connectivity index (χ1) is 9.00. The van der Waals surface area contributed by atoms with Crippen LogP contribution >= 0.6 is 0 Å². The molecular formula is C13H20N2O4. The van der Waals surface area contributed by atoms with E-state index in [4.69, 9.17) is 4.74 Å². The van der Waals surface area contributed by atoms with Gasteiger partial charge in [-0.1, -0.05) is 13.8 Å². The summed E-state index contributed by atoms with van der Waals surface area (Å²) in [5.74, 6) is -0.822. The van der Waals surface area contributed by atoms with Crippen molar-refractivity contribution in [1.82, 2.24) is 10.2 Å². The maximum atomic E-state index is 12.6. The van der Waals surface area contributed by atoms with Crippen molar-refractivity contribution in [3.63, 3.8) is 0 Å². The van der Waals surface area contributed by atoms with Crippen molar-refractivity contribution in [2.24, 2.45) is 5.41 Å². The smallest absolute Gasteiger partial charge is 0.331 e. The maximum absolute atomic E-state index is 12.6. The summed E-state index contributed by atoms with van der Waals surface area (Å²) in [7, 11) is 1.62. The van der Waals surface area contributed by atoms with Crippen molar-refractivity contribution in [1.29, 1.82) is 0 Å². The molecule has 1 saturated carbocycles. The van der Waals surface area contributed by atoms with Gasteiger partial charge in [-0.3, -0.25) is 19.8 Å². The largest absolute Gasteiger partial charge is 0.381 e. The molecule has 1 saturated heterocycles. The fraction of sp³-hybridized carbons (Fsp3) is 0.769. The van der Waals surface area contributed by atoms with Gasteiger partial charge >= 0.3 is 6.03 Å². The molecule has 1 aliphatic heterocycles. The molecule has 0 aromatic rings. The number of nitrogens with one attached hydrogen (secondary N) is 1. The molecule has 0 bridgehead atoms. The Bertz CT molecular complexity index is 411. The topological polar surface area (TPSA) is 75.7 Å². The van der Waals surface area contributed by atoms with E-state index in [0.29, 0.717) is 25.7 Å². The zero-order chi connectivity index (χ0) is 14.2. The van der Waals surface area contributed by atoms with Crippen molar-refractivity contribution in [2.45, 2.75) is 51.7 Å². The number of ether oxygens (including phenoxy) is 1. The van der Waals surface area contributed by atoms with E-state index in [2.05, 4.69) is 5.32 Å². The molecule has 1 heterocycles. The number of imide groups is 2. The van der Waals surface area contributed by atoms with Crippen LogP contribution in [0.4, 0.5) is 4.79 Å². The lowest BCUT2D eigenvalue weighted by Gasteiger charge is -2.46. The van der Waals surface area contributed by atoms with Gasteiger partial charge in [0.15, 0.2) is 0 Å². The molecule has 1 N–H and O–H groups in total. The average Bonchev–Trinajstić information content (AvgIpc) is 2.33. The SMILES string of the molecule is CCC1(CC)C(=O)NC(=O)N(C2CC(OC)C2)C1=O. The van der Waals surface area contributed by atoms with E-state index in [9.17, 15) is 14.4 Å². The molecule has 6 nitrogen and oxygen atoms in total. The van der Waals surface area contributed by atoms with E-state index in [1.807, 2.05) is 0 Å². The molecule has 0 unspecified atom stereocenters. The Morgan fingerprint density at radius 3 is 2.32 bits per heavy atom. The first-order valence-corrected chi connectivity index (χ1v) is 6.72. The van der Waals surface area contributed by atoms with Crippen LogP contribution in [0.25, 0.3) is 0 Å². The van der Waals surface area contributed by atoms with Gasteiger partial charge in [0.25, 0.3) is 0 Å². The van der Waals surface area contributed by atoms with Gasteiger partial charge in [-0.15, -0.1) is 0 Å². The highest BCUT2D eigenvalue weighted by molar-refractivity contribution is 6.19. The summed E-state index contributed by atoms with van der Waals surface area (Å²) in [5, 5.41) is 2.32. The third-order valence-electron chi connectivity index (χ3n) is 4.48. The van der Waals surface area contributed by atoms with Crippen molar-refractivity contribution < 1.29 is 19.1 Å². The van der Waals surface area contributed by atoms with Gasteiger partial charge < -0.3 is 4.74 Å². The minimum atomic E-state index is -1.09. The molecule has 106 valence electrons. The minimum Gasteiger partial charge on any atom is -0.381 e. The number of carbonyl (C=O) groups excluding carboxylic acids is 3.